The van der Waals surface area contributed by atoms with Crippen molar-refractivity contribution in [3.8, 4) is 0 Å². The molecular formula is C15H16FN3O4. The number of halogens is 1. The largest absolute Gasteiger partial charge is 0.434 e. The number of primary amides is 1. The first-order valence-corrected chi connectivity index (χ1v) is 7.46. The van der Waals surface area contributed by atoms with Gasteiger partial charge in [-0.3, -0.25) is 9.69 Å². The molecule has 0 radical (unpaired) electrons. The number of carbonyl (C=O) groups excluding carboxylic acids is 2. The number of anilines is 1. The molecule has 3 aliphatic rings. The normalized spacial score (nSPS) is 32.8. The molecule has 8 heteroatoms. The molecule has 2 unspecified atom stereocenters. The monoisotopic (exact) mass is 321 g/mol. The molecule has 1 aromatic carbocycles. The number of hydrogen-bond donors (Lipinski definition) is 2. The third-order valence-electron chi connectivity index (χ3n) is 4.96. The van der Waals surface area contributed by atoms with Crippen molar-refractivity contribution in [2.45, 2.75) is 12.0 Å². The van der Waals surface area contributed by atoms with Crippen LogP contribution in [0.15, 0.2) is 18.2 Å². The fourth-order valence-corrected chi connectivity index (χ4v) is 3.74. The van der Waals surface area contributed by atoms with Crippen molar-refractivity contribution < 1.29 is 23.9 Å². The number of ether oxygens (including phenoxy) is 1. The van der Waals surface area contributed by atoms with Crippen molar-refractivity contribution in [2.24, 2.45) is 17.6 Å². The summed E-state index contributed by atoms with van der Waals surface area (Å²) in [5.74, 6) is -0.414. The van der Waals surface area contributed by atoms with Gasteiger partial charge in [0.25, 0.3) is 5.91 Å². The molecular weight excluding hydrogens is 305 g/mol. The minimum atomic E-state index is -1.01. The van der Waals surface area contributed by atoms with E-state index in [1.165, 1.54) is 16.0 Å². The van der Waals surface area contributed by atoms with Crippen LogP contribution in [-0.2, 0) is 9.53 Å². The Morgan fingerprint density at radius 3 is 2.57 bits per heavy atom. The lowest BCUT2D eigenvalue weighted by molar-refractivity contribution is -0.124. The van der Waals surface area contributed by atoms with E-state index in [1.807, 2.05) is 0 Å². The van der Waals surface area contributed by atoms with Gasteiger partial charge in [-0.1, -0.05) is 6.07 Å². The molecule has 0 bridgehead atoms. The fourth-order valence-electron chi connectivity index (χ4n) is 3.74. The lowest BCUT2D eigenvalue weighted by Gasteiger charge is -2.15. The second kappa shape index (κ2) is 4.90. The highest BCUT2D eigenvalue weighted by molar-refractivity contribution is 5.95. The minimum absolute atomic E-state index is 0.0128. The van der Waals surface area contributed by atoms with Gasteiger partial charge in [-0.2, -0.15) is 5.06 Å². The summed E-state index contributed by atoms with van der Waals surface area (Å²) in [5, 5.41) is 10.7. The summed E-state index contributed by atoms with van der Waals surface area (Å²) >= 11 is 0. The van der Waals surface area contributed by atoms with E-state index < -0.39 is 18.1 Å². The van der Waals surface area contributed by atoms with Crippen LogP contribution in [0.4, 0.5) is 14.9 Å². The molecule has 0 spiro atoms. The van der Waals surface area contributed by atoms with E-state index in [-0.39, 0.29) is 30.1 Å². The van der Waals surface area contributed by atoms with E-state index in [2.05, 4.69) is 0 Å². The summed E-state index contributed by atoms with van der Waals surface area (Å²) in [6, 6.07) is 4.60. The molecule has 3 N–H and O–H groups in total. The number of carbonyl (C=O) groups is 2. The number of rotatable bonds is 3. The lowest BCUT2D eigenvalue weighted by atomic mass is 10.1. The molecule has 3 fully saturated rings. The quantitative estimate of drug-likeness (QED) is 0.853. The van der Waals surface area contributed by atoms with Crippen LogP contribution in [0.1, 0.15) is 11.5 Å². The van der Waals surface area contributed by atoms with Crippen molar-refractivity contribution in [2.75, 3.05) is 24.5 Å². The van der Waals surface area contributed by atoms with E-state index >= 15 is 0 Å². The van der Waals surface area contributed by atoms with E-state index in [9.17, 15) is 19.2 Å². The van der Waals surface area contributed by atoms with Crippen LogP contribution >= 0.6 is 0 Å². The van der Waals surface area contributed by atoms with Crippen LogP contribution < -0.4 is 10.6 Å². The summed E-state index contributed by atoms with van der Waals surface area (Å²) in [6.45, 7) is 1.12. The maximum absolute atomic E-state index is 14.4. The Kier molecular flexibility index (Phi) is 3.07. The maximum Gasteiger partial charge on any atom is 0.415 e. The Morgan fingerprint density at radius 2 is 2.00 bits per heavy atom. The first kappa shape index (κ1) is 14.4. The molecule has 2 amide bonds. The number of fused-ring (bicyclic) bond motifs is 1. The Bertz CT molecular complexity index is 685. The molecule has 23 heavy (non-hydrogen) atoms. The molecule has 0 aromatic heterocycles. The van der Waals surface area contributed by atoms with Gasteiger partial charge in [0.05, 0.1) is 12.2 Å². The maximum atomic E-state index is 14.4. The highest BCUT2D eigenvalue weighted by Crippen LogP contribution is 2.58. The molecule has 1 aliphatic carbocycles. The van der Waals surface area contributed by atoms with Crippen molar-refractivity contribution in [3.05, 3.63) is 29.6 Å². The molecule has 122 valence electrons. The van der Waals surface area contributed by atoms with Crippen molar-refractivity contribution in [3.63, 3.8) is 0 Å². The number of piperidine rings is 1. The average molecular weight is 321 g/mol. The third kappa shape index (κ3) is 2.25. The SMILES string of the molecule is NC(=O)[C@H]1CN(c2ccc(C3C4CN(O)CC43)c(F)c2)C(=O)O1. The van der Waals surface area contributed by atoms with Crippen LogP contribution in [0.3, 0.4) is 0 Å². The van der Waals surface area contributed by atoms with E-state index in [1.54, 1.807) is 12.1 Å². The van der Waals surface area contributed by atoms with Crippen LogP contribution in [-0.4, -0.2) is 48.0 Å². The van der Waals surface area contributed by atoms with Gasteiger partial charge in [-0.05, 0) is 35.4 Å². The van der Waals surface area contributed by atoms with Gasteiger partial charge >= 0.3 is 6.09 Å². The summed E-state index contributed by atoms with van der Waals surface area (Å²) in [7, 11) is 0. The van der Waals surface area contributed by atoms with Crippen LogP contribution in [0.25, 0.3) is 0 Å². The van der Waals surface area contributed by atoms with Crippen molar-refractivity contribution >= 4 is 17.7 Å². The number of amides is 2. The zero-order valence-corrected chi connectivity index (χ0v) is 12.2. The number of cyclic esters (lactones) is 1. The number of benzene rings is 1. The summed E-state index contributed by atoms with van der Waals surface area (Å²) < 4.78 is 19.3. The highest BCUT2D eigenvalue weighted by atomic mass is 19.1. The van der Waals surface area contributed by atoms with Crippen molar-refractivity contribution in [1.82, 2.24) is 5.06 Å². The number of nitrogens with zero attached hydrogens (tertiary/aromatic N) is 2. The molecule has 7 nitrogen and oxygen atoms in total. The molecule has 3 atom stereocenters. The van der Waals surface area contributed by atoms with E-state index in [4.69, 9.17) is 10.5 Å². The molecule has 1 aromatic rings. The molecule has 2 saturated heterocycles. The average Bonchev–Trinajstić information content (AvgIpc) is 2.84. The third-order valence-corrected chi connectivity index (χ3v) is 4.96. The molecule has 2 heterocycles. The molecule has 1 saturated carbocycles. The smallest absolute Gasteiger partial charge is 0.415 e. The van der Waals surface area contributed by atoms with Gasteiger partial charge in [0.2, 0.25) is 0 Å². The Morgan fingerprint density at radius 1 is 1.30 bits per heavy atom. The number of nitrogens with two attached hydrogens (primary N) is 1. The fraction of sp³-hybridized carbons (Fsp3) is 0.467. The Hall–Kier alpha value is -2.19. The zero-order valence-electron chi connectivity index (χ0n) is 12.2. The van der Waals surface area contributed by atoms with Crippen molar-refractivity contribution in [1.29, 1.82) is 0 Å². The second-order valence-corrected chi connectivity index (χ2v) is 6.32. The van der Waals surface area contributed by atoms with Crippen LogP contribution in [0, 0.1) is 17.7 Å². The van der Waals surface area contributed by atoms with Gasteiger partial charge in [-0.25, -0.2) is 9.18 Å². The Balaban J connectivity index is 1.53. The topological polar surface area (TPSA) is 96.1 Å². The van der Waals surface area contributed by atoms with Gasteiger partial charge in [0.15, 0.2) is 6.10 Å². The second-order valence-electron chi connectivity index (χ2n) is 6.32. The first-order chi connectivity index (χ1) is 11.0. The van der Waals surface area contributed by atoms with Crippen LogP contribution in [0.2, 0.25) is 0 Å². The van der Waals surface area contributed by atoms with Gasteiger partial charge < -0.3 is 15.7 Å². The predicted molar refractivity (Wildman–Crippen MR) is 76.3 cm³/mol. The minimum Gasteiger partial charge on any atom is -0.434 e. The van der Waals surface area contributed by atoms with Gasteiger partial charge in [-0.15, -0.1) is 0 Å². The van der Waals surface area contributed by atoms with Gasteiger partial charge in [0, 0.05) is 13.1 Å². The number of hydroxylamine groups is 2. The first-order valence-electron chi connectivity index (χ1n) is 7.46. The van der Waals surface area contributed by atoms with E-state index in [0.717, 1.165) is 0 Å². The molecule has 4 rings (SSSR count). The lowest BCUT2D eigenvalue weighted by Crippen LogP contribution is -2.32. The standard InChI is InChI=1S/C15H16FN3O4/c16-11-3-7(19-6-12(14(17)20)23-15(19)21)1-2-8(11)13-9-4-18(22)5-10(9)13/h1-3,9-10,12-13,22H,4-6H2,(H2,17,20)/t9?,10?,12-,13?/m1/s1. The number of hydrogen-bond acceptors (Lipinski definition) is 5. The molecule has 2 aliphatic heterocycles. The van der Waals surface area contributed by atoms with E-state index in [0.29, 0.717) is 24.3 Å². The van der Waals surface area contributed by atoms with Gasteiger partial charge in [0.1, 0.15) is 5.82 Å². The highest BCUT2D eigenvalue weighted by Gasteiger charge is 2.57. The predicted octanol–water partition coefficient (Wildman–Crippen LogP) is 0.671. The Labute approximate surface area is 131 Å². The summed E-state index contributed by atoms with van der Waals surface area (Å²) in [4.78, 5) is 24.1. The van der Waals surface area contributed by atoms with Crippen LogP contribution in [0.5, 0.6) is 0 Å². The zero-order chi connectivity index (χ0) is 16.3. The summed E-state index contributed by atoms with van der Waals surface area (Å²) in [5.41, 5.74) is 6.07. The summed E-state index contributed by atoms with van der Waals surface area (Å²) in [6.07, 6.45) is -1.72.